The van der Waals surface area contributed by atoms with E-state index in [1.54, 1.807) is 42.0 Å². The van der Waals surface area contributed by atoms with Crippen LogP contribution in [0, 0.1) is 0 Å². The standard InChI is InChI=1S/C22H25N5O3S2/c1-3-11-27-20(29)18-19(24-21(32-18)26-12-5-4-6-13-26)25-22(27)31-14-17(28)23-15-7-9-16(30-2)10-8-15/h3,7-10H,1,4-6,11-14H2,2H3,(H,23,28). The first-order chi connectivity index (χ1) is 15.6. The zero-order chi connectivity index (χ0) is 22.5. The number of anilines is 2. The van der Waals surface area contributed by atoms with Gasteiger partial charge in [-0.15, -0.1) is 6.58 Å². The quantitative estimate of drug-likeness (QED) is 0.304. The Labute approximate surface area is 194 Å². The molecule has 0 atom stereocenters. The number of thiazole rings is 1. The van der Waals surface area contributed by atoms with Gasteiger partial charge in [0.1, 0.15) is 10.4 Å². The number of thioether (sulfide) groups is 1. The van der Waals surface area contributed by atoms with E-state index in [-0.39, 0.29) is 17.2 Å². The summed E-state index contributed by atoms with van der Waals surface area (Å²) < 4.78 is 7.22. The summed E-state index contributed by atoms with van der Waals surface area (Å²) in [5, 5.41) is 4.15. The van der Waals surface area contributed by atoms with Gasteiger partial charge in [-0.3, -0.25) is 14.2 Å². The van der Waals surface area contributed by atoms with Crippen molar-refractivity contribution in [3.63, 3.8) is 0 Å². The molecular weight excluding hydrogens is 446 g/mol. The fourth-order valence-corrected chi connectivity index (χ4v) is 5.30. The summed E-state index contributed by atoms with van der Waals surface area (Å²) in [6.45, 7) is 5.98. The minimum atomic E-state index is -0.188. The average molecular weight is 472 g/mol. The van der Waals surface area contributed by atoms with Gasteiger partial charge in [0.15, 0.2) is 15.9 Å². The lowest BCUT2D eigenvalue weighted by Gasteiger charge is -2.25. The van der Waals surface area contributed by atoms with Crippen LogP contribution in [0.5, 0.6) is 5.75 Å². The van der Waals surface area contributed by atoms with Gasteiger partial charge in [-0.25, -0.2) is 4.98 Å². The number of fused-ring (bicyclic) bond motifs is 1. The Morgan fingerprint density at radius 2 is 2.00 bits per heavy atom. The number of methoxy groups -OCH3 is 1. The first-order valence-electron chi connectivity index (χ1n) is 10.4. The highest BCUT2D eigenvalue weighted by Gasteiger charge is 2.20. The molecule has 1 aliphatic rings. The molecule has 1 N–H and O–H groups in total. The second kappa shape index (κ2) is 10.2. The maximum absolute atomic E-state index is 13.1. The Kier molecular flexibility index (Phi) is 7.11. The van der Waals surface area contributed by atoms with Crippen molar-refractivity contribution in [2.45, 2.75) is 31.0 Å². The molecule has 0 radical (unpaired) electrons. The number of benzene rings is 1. The number of hydrogen-bond acceptors (Lipinski definition) is 8. The van der Waals surface area contributed by atoms with Gasteiger partial charge in [-0.2, -0.15) is 4.98 Å². The van der Waals surface area contributed by atoms with E-state index in [0.29, 0.717) is 27.7 Å². The van der Waals surface area contributed by atoms with Crippen molar-refractivity contribution < 1.29 is 9.53 Å². The molecule has 32 heavy (non-hydrogen) atoms. The molecule has 1 saturated heterocycles. The molecule has 0 saturated carbocycles. The predicted octanol–water partition coefficient (Wildman–Crippen LogP) is 3.77. The molecule has 3 heterocycles. The van der Waals surface area contributed by atoms with Crippen LogP contribution in [0.25, 0.3) is 10.3 Å². The number of carbonyl (C=O) groups excluding carboxylic acids is 1. The van der Waals surface area contributed by atoms with Gasteiger partial charge in [-0.1, -0.05) is 29.2 Å². The smallest absolute Gasteiger partial charge is 0.274 e. The molecule has 10 heteroatoms. The van der Waals surface area contributed by atoms with Crippen LogP contribution in [0.15, 0.2) is 46.9 Å². The van der Waals surface area contributed by atoms with E-state index in [4.69, 9.17) is 4.74 Å². The van der Waals surface area contributed by atoms with Gasteiger partial charge >= 0.3 is 0 Å². The first-order valence-corrected chi connectivity index (χ1v) is 12.2. The Hall–Kier alpha value is -2.85. The van der Waals surface area contributed by atoms with E-state index in [9.17, 15) is 9.59 Å². The van der Waals surface area contributed by atoms with Crippen molar-refractivity contribution in [3.05, 3.63) is 47.3 Å². The molecule has 3 aromatic rings. The third-order valence-corrected chi connectivity index (χ3v) is 7.18. The highest BCUT2D eigenvalue weighted by atomic mass is 32.2. The van der Waals surface area contributed by atoms with Crippen LogP contribution in [0.2, 0.25) is 0 Å². The molecule has 0 bridgehead atoms. The molecular formula is C22H25N5O3S2. The largest absolute Gasteiger partial charge is 0.497 e. The summed E-state index contributed by atoms with van der Waals surface area (Å²) in [7, 11) is 1.59. The van der Waals surface area contributed by atoms with Crippen molar-refractivity contribution >= 4 is 50.2 Å². The van der Waals surface area contributed by atoms with Crippen LogP contribution >= 0.6 is 23.1 Å². The molecule has 8 nitrogen and oxygen atoms in total. The summed E-state index contributed by atoms with van der Waals surface area (Å²) in [4.78, 5) is 37.1. The molecule has 0 unspecified atom stereocenters. The summed E-state index contributed by atoms with van der Waals surface area (Å²) >= 11 is 2.61. The molecule has 0 aliphatic carbocycles. The number of allylic oxidation sites excluding steroid dienone is 1. The lowest BCUT2D eigenvalue weighted by Crippen LogP contribution is -2.29. The van der Waals surface area contributed by atoms with Crippen molar-refractivity contribution in [3.8, 4) is 5.75 Å². The second-order valence-corrected chi connectivity index (χ2v) is 9.28. The number of nitrogens with zero attached hydrogens (tertiary/aromatic N) is 4. The molecule has 1 aromatic carbocycles. The van der Waals surface area contributed by atoms with Crippen molar-refractivity contribution in [2.75, 3.05) is 36.2 Å². The van der Waals surface area contributed by atoms with E-state index in [1.807, 2.05) is 0 Å². The van der Waals surface area contributed by atoms with E-state index in [2.05, 4.69) is 26.8 Å². The molecule has 1 amide bonds. The average Bonchev–Trinajstić information content (AvgIpc) is 3.25. The number of carbonyl (C=O) groups is 1. The highest BCUT2D eigenvalue weighted by molar-refractivity contribution is 7.99. The predicted molar refractivity (Wildman–Crippen MR) is 130 cm³/mol. The normalized spacial score (nSPS) is 13.8. The number of piperidine rings is 1. The summed E-state index contributed by atoms with van der Waals surface area (Å²) in [5.74, 6) is 0.645. The van der Waals surface area contributed by atoms with E-state index >= 15 is 0 Å². The zero-order valence-corrected chi connectivity index (χ0v) is 19.5. The molecule has 1 fully saturated rings. The van der Waals surface area contributed by atoms with Crippen molar-refractivity contribution in [1.82, 2.24) is 14.5 Å². The van der Waals surface area contributed by atoms with Gasteiger partial charge in [-0.05, 0) is 43.5 Å². The maximum Gasteiger partial charge on any atom is 0.274 e. The summed E-state index contributed by atoms with van der Waals surface area (Å²) in [6.07, 6.45) is 5.15. The minimum Gasteiger partial charge on any atom is -0.497 e. The van der Waals surface area contributed by atoms with E-state index in [0.717, 1.165) is 36.8 Å². The highest BCUT2D eigenvalue weighted by Crippen LogP contribution is 2.29. The van der Waals surface area contributed by atoms with Crippen LogP contribution in [0.3, 0.4) is 0 Å². The fraction of sp³-hybridized carbons (Fsp3) is 0.364. The van der Waals surface area contributed by atoms with Gasteiger partial charge in [0, 0.05) is 25.3 Å². The molecule has 4 rings (SSSR count). The number of aromatic nitrogens is 3. The second-order valence-electron chi connectivity index (χ2n) is 7.36. The zero-order valence-electron chi connectivity index (χ0n) is 17.9. The number of amides is 1. The first kappa shape index (κ1) is 22.3. The fourth-order valence-electron chi connectivity index (χ4n) is 3.50. The lowest BCUT2D eigenvalue weighted by molar-refractivity contribution is -0.113. The maximum atomic E-state index is 13.1. The molecule has 2 aromatic heterocycles. The van der Waals surface area contributed by atoms with Crippen LogP contribution in [-0.2, 0) is 11.3 Å². The van der Waals surface area contributed by atoms with Crippen LogP contribution in [0.1, 0.15) is 19.3 Å². The monoisotopic (exact) mass is 471 g/mol. The van der Waals surface area contributed by atoms with Gasteiger partial charge in [0.05, 0.1) is 12.9 Å². The van der Waals surface area contributed by atoms with Gasteiger partial charge in [0.25, 0.3) is 5.56 Å². The SMILES string of the molecule is C=CCn1c(SCC(=O)Nc2ccc(OC)cc2)nc2nc(N3CCCCC3)sc2c1=O. The van der Waals surface area contributed by atoms with E-state index < -0.39 is 0 Å². The van der Waals surface area contributed by atoms with Crippen LogP contribution in [0.4, 0.5) is 10.8 Å². The molecule has 0 spiro atoms. The summed E-state index contributed by atoms with van der Waals surface area (Å²) in [6, 6.07) is 7.11. The Morgan fingerprint density at radius 1 is 1.25 bits per heavy atom. The van der Waals surface area contributed by atoms with Gasteiger partial charge in [0.2, 0.25) is 5.91 Å². The topological polar surface area (TPSA) is 89.3 Å². The molecule has 168 valence electrons. The number of ether oxygens (including phenoxy) is 1. The molecule has 1 aliphatic heterocycles. The lowest BCUT2D eigenvalue weighted by atomic mass is 10.1. The van der Waals surface area contributed by atoms with Crippen LogP contribution in [-0.4, -0.2) is 46.4 Å². The van der Waals surface area contributed by atoms with Crippen LogP contribution < -0.4 is 20.5 Å². The van der Waals surface area contributed by atoms with Crippen molar-refractivity contribution in [1.29, 1.82) is 0 Å². The summed E-state index contributed by atoms with van der Waals surface area (Å²) in [5.41, 5.74) is 0.974. The van der Waals surface area contributed by atoms with E-state index in [1.165, 1.54) is 29.5 Å². The number of nitrogens with one attached hydrogen (secondary N) is 1. The van der Waals surface area contributed by atoms with Gasteiger partial charge < -0.3 is 15.0 Å². The van der Waals surface area contributed by atoms with Crippen molar-refractivity contribution in [2.24, 2.45) is 0 Å². The number of rotatable bonds is 8. The Bertz CT molecular complexity index is 1170. The third-order valence-electron chi connectivity index (χ3n) is 5.11. The minimum absolute atomic E-state index is 0.115. The Morgan fingerprint density at radius 3 is 2.69 bits per heavy atom. The third kappa shape index (κ3) is 4.97. The number of hydrogen-bond donors (Lipinski definition) is 1. The Balaban J connectivity index is 1.53.